The Labute approximate surface area is 199 Å². The number of ether oxygens (including phenoxy) is 1. The van der Waals surface area contributed by atoms with E-state index in [-0.39, 0.29) is 30.7 Å². The highest BCUT2D eigenvalue weighted by molar-refractivity contribution is 6.74. The minimum absolute atomic E-state index is 0.00324. The average Bonchev–Trinajstić information content (AvgIpc) is 2.75. The summed E-state index contributed by atoms with van der Waals surface area (Å²) >= 11 is 0. The van der Waals surface area contributed by atoms with Crippen molar-refractivity contribution in [3.8, 4) is 0 Å². The van der Waals surface area contributed by atoms with E-state index in [4.69, 9.17) is 9.16 Å². The molecule has 1 unspecified atom stereocenters. The van der Waals surface area contributed by atoms with Gasteiger partial charge in [0, 0.05) is 6.54 Å². The lowest BCUT2D eigenvalue weighted by molar-refractivity contribution is 0.0990. The molecule has 1 aromatic rings. The largest absolute Gasteiger partial charge is 0.465 e. The highest BCUT2D eigenvalue weighted by atomic mass is 28.4. The molecule has 7 nitrogen and oxygen atoms in total. The van der Waals surface area contributed by atoms with Crippen LogP contribution >= 0.6 is 0 Å². The van der Waals surface area contributed by atoms with E-state index in [1.807, 2.05) is 37.3 Å². The maximum atomic E-state index is 12.4. The van der Waals surface area contributed by atoms with Gasteiger partial charge in [0.2, 0.25) is 0 Å². The van der Waals surface area contributed by atoms with Crippen molar-refractivity contribution in [2.24, 2.45) is 5.92 Å². The number of rotatable bonds is 12. The molecule has 0 aliphatic rings. The molecule has 0 fully saturated rings. The first-order valence-corrected chi connectivity index (χ1v) is 14.1. The van der Waals surface area contributed by atoms with Crippen molar-refractivity contribution in [3.05, 3.63) is 61.2 Å². The van der Waals surface area contributed by atoms with Gasteiger partial charge < -0.3 is 19.6 Å². The number of hydrogen-bond donors (Lipinski definition) is 2. The SMILES string of the molecule is C=CC(CO[Si](C)(C)C(C)(C)C)N(C[C@H](NC(=O)OCc1ccccc1)[C@@H](C)C=C)C(=O)O. The summed E-state index contributed by atoms with van der Waals surface area (Å²) in [5.74, 6) is -0.192. The fourth-order valence-electron chi connectivity index (χ4n) is 2.79. The monoisotopic (exact) mass is 476 g/mol. The third kappa shape index (κ3) is 9.05. The van der Waals surface area contributed by atoms with Crippen LogP contribution in [0.5, 0.6) is 0 Å². The Balaban J connectivity index is 2.89. The van der Waals surface area contributed by atoms with Gasteiger partial charge in [0.1, 0.15) is 6.61 Å². The van der Waals surface area contributed by atoms with E-state index in [9.17, 15) is 14.7 Å². The van der Waals surface area contributed by atoms with Crippen LogP contribution in [0.2, 0.25) is 18.1 Å². The maximum Gasteiger partial charge on any atom is 0.407 e. The summed E-state index contributed by atoms with van der Waals surface area (Å²) in [5, 5.41) is 12.7. The van der Waals surface area contributed by atoms with Crippen molar-refractivity contribution in [1.29, 1.82) is 0 Å². The lowest BCUT2D eigenvalue weighted by Gasteiger charge is -2.39. The first kappa shape index (κ1) is 28.4. The number of carboxylic acid groups (broad SMARTS) is 1. The minimum atomic E-state index is -2.08. The number of alkyl carbamates (subject to hydrolysis) is 1. The molecular formula is C25H40N2O5Si. The standard InChI is InChI=1S/C25H40N2O5Si/c1-9-19(3)22(26-23(28)31-17-20-14-12-11-13-15-20)16-27(24(29)30)21(10-2)18-32-33(7,8)25(4,5)6/h9-15,19,21-22H,1-2,16-18H2,3-8H3,(H,26,28)(H,29,30)/t19-,21?,22-/m0/s1. The number of hydrogen-bond acceptors (Lipinski definition) is 4. The van der Waals surface area contributed by atoms with E-state index in [1.54, 1.807) is 12.2 Å². The average molecular weight is 477 g/mol. The second-order valence-corrected chi connectivity index (χ2v) is 14.5. The van der Waals surface area contributed by atoms with Crippen molar-refractivity contribution in [2.75, 3.05) is 13.2 Å². The Morgan fingerprint density at radius 2 is 1.79 bits per heavy atom. The number of nitrogens with zero attached hydrogens (tertiary/aromatic N) is 1. The summed E-state index contributed by atoms with van der Waals surface area (Å²) < 4.78 is 11.6. The van der Waals surface area contributed by atoms with Crippen LogP contribution in [0.3, 0.4) is 0 Å². The topological polar surface area (TPSA) is 88.1 Å². The quantitative estimate of drug-likeness (QED) is 0.300. The number of carbonyl (C=O) groups is 2. The minimum Gasteiger partial charge on any atom is -0.465 e. The molecule has 184 valence electrons. The van der Waals surface area contributed by atoms with Gasteiger partial charge in [0.05, 0.1) is 18.7 Å². The zero-order chi connectivity index (χ0) is 25.2. The van der Waals surface area contributed by atoms with Crippen LogP contribution in [0, 0.1) is 5.92 Å². The summed E-state index contributed by atoms with van der Waals surface area (Å²) in [5.41, 5.74) is 0.864. The molecule has 1 aromatic carbocycles. The molecule has 2 amide bonds. The van der Waals surface area contributed by atoms with Crippen molar-refractivity contribution >= 4 is 20.5 Å². The number of nitrogens with one attached hydrogen (secondary N) is 1. The van der Waals surface area contributed by atoms with E-state index in [0.29, 0.717) is 0 Å². The molecule has 0 heterocycles. The number of amides is 2. The normalized spacial score (nSPS) is 14.5. The second-order valence-electron chi connectivity index (χ2n) is 9.72. The molecule has 3 atom stereocenters. The predicted octanol–water partition coefficient (Wildman–Crippen LogP) is 5.66. The summed E-state index contributed by atoms with van der Waals surface area (Å²) in [6, 6.07) is 8.25. The smallest absolute Gasteiger partial charge is 0.407 e. The number of carbonyl (C=O) groups excluding carboxylic acids is 1. The van der Waals surface area contributed by atoms with Gasteiger partial charge in [-0.05, 0) is 29.6 Å². The predicted molar refractivity (Wildman–Crippen MR) is 135 cm³/mol. The van der Waals surface area contributed by atoms with Crippen molar-refractivity contribution in [3.63, 3.8) is 0 Å². The van der Waals surface area contributed by atoms with Crippen LogP contribution in [-0.2, 0) is 15.8 Å². The number of benzene rings is 1. The van der Waals surface area contributed by atoms with Gasteiger partial charge in [-0.25, -0.2) is 9.59 Å². The Morgan fingerprint density at radius 3 is 2.27 bits per heavy atom. The third-order valence-corrected chi connectivity index (χ3v) is 10.8. The van der Waals surface area contributed by atoms with Gasteiger partial charge in [-0.3, -0.25) is 4.90 Å². The fraction of sp³-hybridized carbons (Fsp3) is 0.520. The third-order valence-electron chi connectivity index (χ3n) is 6.26. The molecule has 2 N–H and O–H groups in total. The van der Waals surface area contributed by atoms with Crippen LogP contribution < -0.4 is 5.32 Å². The summed E-state index contributed by atoms with van der Waals surface area (Å²) in [6.07, 6.45) is 1.52. The molecule has 0 aliphatic carbocycles. The zero-order valence-electron chi connectivity index (χ0n) is 20.8. The highest BCUT2D eigenvalue weighted by Crippen LogP contribution is 2.36. The molecule has 8 heteroatoms. The van der Waals surface area contributed by atoms with Crippen LogP contribution in [0.1, 0.15) is 33.3 Å². The molecule has 1 rings (SSSR count). The molecule has 0 saturated carbocycles. The Hall–Kier alpha value is -2.58. The molecule has 0 aromatic heterocycles. The van der Waals surface area contributed by atoms with E-state index >= 15 is 0 Å². The first-order chi connectivity index (χ1) is 15.3. The Bertz CT molecular complexity index is 792. The second kappa shape index (κ2) is 12.6. The van der Waals surface area contributed by atoms with E-state index in [2.05, 4.69) is 52.3 Å². The highest BCUT2D eigenvalue weighted by Gasteiger charge is 2.38. The summed E-state index contributed by atoms with van der Waals surface area (Å²) in [4.78, 5) is 25.8. The van der Waals surface area contributed by atoms with Gasteiger partial charge in [-0.15, -0.1) is 13.2 Å². The molecule has 0 bridgehead atoms. The van der Waals surface area contributed by atoms with Gasteiger partial charge in [0.15, 0.2) is 8.32 Å². The molecule has 0 saturated heterocycles. The van der Waals surface area contributed by atoms with E-state index in [0.717, 1.165) is 5.56 Å². The Kier molecular flexibility index (Phi) is 10.9. The van der Waals surface area contributed by atoms with E-state index < -0.39 is 32.6 Å². The van der Waals surface area contributed by atoms with Crippen LogP contribution in [0.15, 0.2) is 55.6 Å². The molecule has 0 aliphatic heterocycles. The fourth-order valence-corrected chi connectivity index (χ4v) is 3.81. The lowest BCUT2D eigenvalue weighted by atomic mass is 10.0. The van der Waals surface area contributed by atoms with E-state index in [1.165, 1.54) is 4.90 Å². The van der Waals surface area contributed by atoms with Gasteiger partial charge >= 0.3 is 12.2 Å². The van der Waals surface area contributed by atoms with Gasteiger partial charge in [0.25, 0.3) is 0 Å². The summed E-state index contributed by atoms with van der Waals surface area (Å²) in [7, 11) is -2.08. The van der Waals surface area contributed by atoms with Crippen LogP contribution in [-0.4, -0.2) is 55.7 Å². The first-order valence-electron chi connectivity index (χ1n) is 11.2. The molecular weight excluding hydrogens is 436 g/mol. The maximum absolute atomic E-state index is 12.4. The molecule has 0 spiro atoms. The van der Waals surface area contributed by atoms with Gasteiger partial charge in [-0.2, -0.15) is 0 Å². The molecule has 0 radical (unpaired) electrons. The Morgan fingerprint density at radius 1 is 1.18 bits per heavy atom. The van der Waals surface area contributed by atoms with Crippen LogP contribution in [0.25, 0.3) is 0 Å². The van der Waals surface area contributed by atoms with Crippen LogP contribution in [0.4, 0.5) is 9.59 Å². The lowest BCUT2D eigenvalue weighted by Crippen LogP contribution is -2.53. The summed E-state index contributed by atoms with van der Waals surface area (Å²) in [6.45, 7) is 20.5. The van der Waals surface area contributed by atoms with Crippen molar-refractivity contribution < 1.29 is 23.9 Å². The zero-order valence-corrected chi connectivity index (χ0v) is 21.8. The van der Waals surface area contributed by atoms with Gasteiger partial charge in [-0.1, -0.05) is 70.2 Å². The van der Waals surface area contributed by atoms with Crippen molar-refractivity contribution in [2.45, 2.75) is 64.5 Å². The molecule has 33 heavy (non-hydrogen) atoms. The van der Waals surface area contributed by atoms with Crippen molar-refractivity contribution in [1.82, 2.24) is 10.2 Å².